The summed E-state index contributed by atoms with van der Waals surface area (Å²) in [7, 11) is 0. The molecule has 3 heteroatoms. The van der Waals surface area contributed by atoms with Crippen LogP contribution in [0, 0.1) is 11.3 Å². The molecule has 0 amide bonds. The number of hydrogen-bond donors (Lipinski definition) is 0. The van der Waals surface area contributed by atoms with Crippen molar-refractivity contribution in [1.29, 1.82) is 0 Å². The van der Waals surface area contributed by atoms with Gasteiger partial charge in [-0.3, -0.25) is 0 Å². The first kappa shape index (κ1) is 14.8. The summed E-state index contributed by atoms with van der Waals surface area (Å²) in [5.74, 6) is 0.627. The van der Waals surface area contributed by atoms with Crippen molar-refractivity contribution in [3.8, 4) is 0 Å². The Morgan fingerprint density at radius 3 is 2.60 bits per heavy atom. The Morgan fingerprint density at radius 1 is 1.15 bits per heavy atom. The minimum Gasteiger partial charge on any atom is -0.381 e. The number of piperidine rings is 1. The molecule has 3 rings (SSSR count). The highest BCUT2D eigenvalue weighted by Crippen LogP contribution is 2.45. The van der Waals surface area contributed by atoms with E-state index in [2.05, 4.69) is 11.8 Å². The number of hydrogen-bond acceptors (Lipinski definition) is 3. The predicted molar refractivity (Wildman–Crippen MR) is 80.9 cm³/mol. The lowest BCUT2D eigenvalue weighted by Gasteiger charge is -2.50. The summed E-state index contributed by atoms with van der Waals surface area (Å²) < 4.78 is 11.5. The largest absolute Gasteiger partial charge is 0.381 e. The Balaban J connectivity index is 1.57. The zero-order chi connectivity index (χ0) is 13.8. The van der Waals surface area contributed by atoms with Crippen LogP contribution in [-0.2, 0) is 9.47 Å². The molecule has 0 aromatic heterocycles. The van der Waals surface area contributed by atoms with Gasteiger partial charge in [-0.15, -0.1) is 0 Å². The molecular formula is C17H31NO2. The highest BCUT2D eigenvalue weighted by atomic mass is 16.5. The Bertz CT molecular complexity index is 293. The average molecular weight is 281 g/mol. The van der Waals surface area contributed by atoms with Crippen LogP contribution in [0.5, 0.6) is 0 Å². The van der Waals surface area contributed by atoms with E-state index in [0.717, 1.165) is 32.5 Å². The van der Waals surface area contributed by atoms with E-state index in [0.29, 0.717) is 11.3 Å². The van der Waals surface area contributed by atoms with Gasteiger partial charge < -0.3 is 14.4 Å². The molecule has 20 heavy (non-hydrogen) atoms. The predicted octanol–water partition coefficient (Wildman–Crippen LogP) is 3.08. The molecule has 0 radical (unpaired) electrons. The molecule has 1 spiro atoms. The van der Waals surface area contributed by atoms with Gasteiger partial charge in [0.2, 0.25) is 0 Å². The lowest BCUT2D eigenvalue weighted by molar-refractivity contribution is -0.102. The summed E-state index contributed by atoms with van der Waals surface area (Å²) >= 11 is 0. The lowest BCUT2D eigenvalue weighted by atomic mass is 9.66. The third-order valence-corrected chi connectivity index (χ3v) is 6.09. The molecule has 1 saturated carbocycles. The third kappa shape index (κ3) is 3.05. The van der Waals surface area contributed by atoms with Crippen molar-refractivity contribution in [1.82, 2.24) is 4.90 Å². The molecule has 0 bridgehead atoms. The van der Waals surface area contributed by atoms with Crippen LogP contribution in [0.25, 0.3) is 0 Å². The van der Waals surface area contributed by atoms with Gasteiger partial charge in [-0.2, -0.15) is 0 Å². The maximum Gasteiger partial charge on any atom is 0.0521 e. The van der Waals surface area contributed by atoms with Crippen LogP contribution < -0.4 is 0 Å². The fourth-order valence-corrected chi connectivity index (χ4v) is 4.63. The fourth-order valence-electron chi connectivity index (χ4n) is 4.63. The number of ether oxygens (including phenoxy) is 2. The second-order valence-electron chi connectivity index (χ2n) is 7.02. The van der Waals surface area contributed by atoms with Gasteiger partial charge in [0.15, 0.2) is 0 Å². The first-order valence-corrected chi connectivity index (χ1v) is 8.73. The Labute approximate surface area is 124 Å². The van der Waals surface area contributed by atoms with Gasteiger partial charge in [-0.1, -0.05) is 12.8 Å². The minimum atomic E-state index is 0.516. The molecule has 0 aromatic rings. The van der Waals surface area contributed by atoms with Crippen molar-refractivity contribution in [2.75, 3.05) is 39.5 Å². The lowest BCUT2D eigenvalue weighted by Crippen LogP contribution is -2.51. The normalized spacial score (nSPS) is 31.9. The second kappa shape index (κ2) is 6.76. The number of likely N-dealkylation sites (tertiary alicyclic amines) is 1. The van der Waals surface area contributed by atoms with Gasteiger partial charge in [0.05, 0.1) is 13.2 Å². The fraction of sp³-hybridized carbons (Fsp3) is 1.00. The van der Waals surface area contributed by atoms with Crippen LogP contribution in [-0.4, -0.2) is 50.5 Å². The summed E-state index contributed by atoms with van der Waals surface area (Å²) in [4.78, 5) is 2.78. The van der Waals surface area contributed by atoms with E-state index in [1.165, 1.54) is 58.0 Å². The van der Waals surface area contributed by atoms with Crippen LogP contribution >= 0.6 is 0 Å². The van der Waals surface area contributed by atoms with E-state index in [-0.39, 0.29) is 0 Å². The van der Waals surface area contributed by atoms with Crippen LogP contribution in [0.3, 0.4) is 0 Å². The van der Waals surface area contributed by atoms with Crippen LogP contribution in [0.15, 0.2) is 0 Å². The SMILES string of the molecule is CCOC[C@@H]1COCCC12CCN(C1CCCC1)CC2. The number of nitrogens with zero attached hydrogens (tertiary/aromatic N) is 1. The monoisotopic (exact) mass is 281 g/mol. The molecule has 0 aromatic carbocycles. The van der Waals surface area contributed by atoms with Crippen molar-refractivity contribution in [2.24, 2.45) is 11.3 Å². The molecule has 1 atom stereocenters. The van der Waals surface area contributed by atoms with E-state index in [9.17, 15) is 0 Å². The summed E-state index contributed by atoms with van der Waals surface area (Å²) in [5.41, 5.74) is 0.516. The van der Waals surface area contributed by atoms with E-state index >= 15 is 0 Å². The molecule has 3 nitrogen and oxygen atoms in total. The van der Waals surface area contributed by atoms with E-state index < -0.39 is 0 Å². The first-order valence-electron chi connectivity index (χ1n) is 8.73. The van der Waals surface area contributed by atoms with E-state index in [1.807, 2.05) is 0 Å². The summed E-state index contributed by atoms with van der Waals surface area (Å²) in [5, 5.41) is 0. The Kier molecular flexibility index (Phi) is 5.00. The molecule has 1 aliphatic carbocycles. The van der Waals surface area contributed by atoms with Crippen molar-refractivity contribution < 1.29 is 9.47 Å². The molecule has 2 saturated heterocycles. The zero-order valence-corrected chi connectivity index (χ0v) is 13.1. The van der Waals surface area contributed by atoms with Crippen molar-refractivity contribution >= 4 is 0 Å². The van der Waals surface area contributed by atoms with E-state index in [4.69, 9.17) is 9.47 Å². The van der Waals surface area contributed by atoms with Crippen LogP contribution in [0.1, 0.15) is 51.9 Å². The highest BCUT2D eigenvalue weighted by Gasteiger charge is 2.44. The highest BCUT2D eigenvalue weighted by molar-refractivity contribution is 4.95. The van der Waals surface area contributed by atoms with Crippen LogP contribution in [0.4, 0.5) is 0 Å². The van der Waals surface area contributed by atoms with Gasteiger partial charge in [-0.05, 0) is 57.5 Å². The van der Waals surface area contributed by atoms with Gasteiger partial charge >= 0.3 is 0 Å². The molecule has 3 fully saturated rings. The number of rotatable bonds is 4. The molecule has 116 valence electrons. The quantitative estimate of drug-likeness (QED) is 0.790. The van der Waals surface area contributed by atoms with E-state index in [1.54, 1.807) is 0 Å². The van der Waals surface area contributed by atoms with Gasteiger partial charge in [0.1, 0.15) is 0 Å². The molecule has 0 unspecified atom stereocenters. The summed E-state index contributed by atoms with van der Waals surface area (Å²) in [6, 6.07) is 0.900. The smallest absolute Gasteiger partial charge is 0.0521 e. The molecule has 2 heterocycles. The maximum absolute atomic E-state index is 5.74. The average Bonchev–Trinajstić information content (AvgIpc) is 3.02. The van der Waals surface area contributed by atoms with Gasteiger partial charge in [-0.25, -0.2) is 0 Å². The molecule has 3 aliphatic rings. The Morgan fingerprint density at radius 2 is 1.90 bits per heavy atom. The standard InChI is InChI=1S/C17H31NO2/c1-2-19-13-15-14-20-12-9-17(15)7-10-18(11-8-17)16-5-3-4-6-16/h15-16H,2-14H2,1H3/t15-/m1/s1. The van der Waals surface area contributed by atoms with Gasteiger partial charge in [0, 0.05) is 25.2 Å². The minimum absolute atomic E-state index is 0.516. The van der Waals surface area contributed by atoms with Crippen molar-refractivity contribution in [3.63, 3.8) is 0 Å². The maximum atomic E-state index is 5.74. The first-order chi connectivity index (χ1) is 9.84. The van der Waals surface area contributed by atoms with Crippen LogP contribution in [0.2, 0.25) is 0 Å². The second-order valence-corrected chi connectivity index (χ2v) is 7.02. The topological polar surface area (TPSA) is 21.7 Å². The molecule has 0 N–H and O–H groups in total. The summed E-state index contributed by atoms with van der Waals surface area (Å²) in [6.07, 6.45) is 9.77. The Hall–Kier alpha value is -0.120. The zero-order valence-electron chi connectivity index (χ0n) is 13.1. The summed E-state index contributed by atoms with van der Waals surface area (Å²) in [6.45, 7) is 8.34. The van der Waals surface area contributed by atoms with Crippen molar-refractivity contribution in [2.45, 2.75) is 57.9 Å². The molecular weight excluding hydrogens is 250 g/mol. The molecule has 2 aliphatic heterocycles. The van der Waals surface area contributed by atoms with Gasteiger partial charge in [0.25, 0.3) is 0 Å². The van der Waals surface area contributed by atoms with Crippen molar-refractivity contribution in [3.05, 3.63) is 0 Å². The third-order valence-electron chi connectivity index (χ3n) is 6.09.